The number of hydrogen-bond acceptors (Lipinski definition) is 8. The van der Waals surface area contributed by atoms with Crippen LogP contribution in [0.1, 0.15) is 46.5 Å². The molecule has 0 radical (unpaired) electrons. The third kappa shape index (κ3) is 6.41. The zero-order valence-electron chi connectivity index (χ0n) is 21.3. The van der Waals surface area contributed by atoms with Gasteiger partial charge in [-0.05, 0) is 64.7 Å². The van der Waals surface area contributed by atoms with E-state index < -0.39 is 24.1 Å². The molecule has 2 aliphatic rings. The van der Waals surface area contributed by atoms with E-state index in [1.165, 1.54) is 31.6 Å². The topological polar surface area (TPSA) is 106 Å². The van der Waals surface area contributed by atoms with Crippen molar-refractivity contribution in [1.82, 2.24) is 20.2 Å². The highest BCUT2D eigenvalue weighted by atomic mass is 19.4. The molecule has 2 aromatic rings. The minimum Gasteiger partial charge on any atom is -0.469 e. The van der Waals surface area contributed by atoms with Crippen molar-refractivity contribution in [2.24, 2.45) is 5.92 Å². The number of anilines is 1. The number of benzene rings is 1. The van der Waals surface area contributed by atoms with Gasteiger partial charge in [-0.3, -0.25) is 9.59 Å². The fourth-order valence-corrected chi connectivity index (χ4v) is 5.35. The van der Waals surface area contributed by atoms with Crippen molar-refractivity contribution in [2.45, 2.75) is 76.5 Å². The molecular weight excluding hydrogens is 491 g/mol. The van der Waals surface area contributed by atoms with Crippen molar-refractivity contribution in [3.05, 3.63) is 24.5 Å². The molecule has 1 aliphatic heterocycles. The molecule has 1 saturated heterocycles. The quantitative estimate of drug-likeness (QED) is 0.553. The Morgan fingerprint density at radius 2 is 1.89 bits per heavy atom. The molecule has 0 bridgehead atoms. The van der Waals surface area contributed by atoms with Crippen LogP contribution in [-0.2, 0) is 14.3 Å². The Morgan fingerprint density at radius 3 is 2.57 bits per heavy atom. The number of carbonyl (C=O) groups is 2. The molecule has 12 heteroatoms. The second-order valence-electron chi connectivity index (χ2n) is 10.6. The molecule has 1 aliphatic carbocycles. The molecule has 2 heterocycles. The van der Waals surface area contributed by atoms with Crippen LogP contribution in [0.5, 0.6) is 5.75 Å². The number of ether oxygens (including phenoxy) is 2. The number of halogens is 3. The normalized spacial score (nSPS) is 24.8. The van der Waals surface area contributed by atoms with E-state index >= 15 is 0 Å². The maximum atomic E-state index is 13.4. The van der Waals surface area contributed by atoms with Gasteiger partial charge in [-0.25, -0.2) is 9.97 Å². The summed E-state index contributed by atoms with van der Waals surface area (Å²) in [6.45, 7) is 6.65. The molecule has 2 N–H and O–H groups in total. The van der Waals surface area contributed by atoms with Crippen LogP contribution in [-0.4, -0.2) is 70.4 Å². The van der Waals surface area contributed by atoms with E-state index in [4.69, 9.17) is 4.74 Å². The van der Waals surface area contributed by atoms with Crippen molar-refractivity contribution < 1.29 is 32.2 Å². The summed E-state index contributed by atoms with van der Waals surface area (Å²) in [6, 6.07) is 2.96. The van der Waals surface area contributed by atoms with Gasteiger partial charge in [-0.2, -0.15) is 0 Å². The summed E-state index contributed by atoms with van der Waals surface area (Å²) in [5, 5.41) is 6.93. The highest BCUT2D eigenvalue weighted by Gasteiger charge is 2.45. The first kappa shape index (κ1) is 26.9. The second kappa shape index (κ2) is 10.3. The van der Waals surface area contributed by atoms with E-state index in [1.807, 2.05) is 0 Å². The summed E-state index contributed by atoms with van der Waals surface area (Å²) < 4.78 is 47.2. The standard InChI is InChI=1S/C25H32F3N5O4/c1-24(2,3)32-14-5-8-20(17(11-14)23(35)36-4)33-10-9-19(22(33)34)31-21-16-12-15(37-25(26,27)28)6-7-18(16)29-13-30-21/h6-7,12-14,17,19-20,32H,5,8-11H2,1-4H3,(H,29,30,31)/t14-,17-,19?,20+/m1/s1. The van der Waals surface area contributed by atoms with Gasteiger partial charge in [-0.1, -0.05) is 0 Å². The van der Waals surface area contributed by atoms with Gasteiger partial charge in [0.1, 0.15) is 23.9 Å². The van der Waals surface area contributed by atoms with Crippen LogP contribution in [0, 0.1) is 5.92 Å². The number of aromatic nitrogens is 2. The van der Waals surface area contributed by atoms with Crippen LogP contribution in [0.2, 0.25) is 0 Å². The monoisotopic (exact) mass is 523 g/mol. The maximum Gasteiger partial charge on any atom is 0.573 e. The van der Waals surface area contributed by atoms with Crippen LogP contribution in [0.4, 0.5) is 19.0 Å². The Balaban J connectivity index is 1.51. The number of amides is 1. The van der Waals surface area contributed by atoms with Gasteiger partial charge in [0.15, 0.2) is 0 Å². The summed E-state index contributed by atoms with van der Waals surface area (Å²) in [5.41, 5.74) is 0.298. The molecule has 4 rings (SSSR count). The molecule has 1 aromatic carbocycles. The largest absolute Gasteiger partial charge is 0.573 e. The van der Waals surface area contributed by atoms with Crippen LogP contribution in [0.15, 0.2) is 24.5 Å². The van der Waals surface area contributed by atoms with Gasteiger partial charge in [0, 0.05) is 29.6 Å². The molecule has 1 amide bonds. The number of likely N-dealkylation sites (tertiary alicyclic amines) is 1. The zero-order valence-corrected chi connectivity index (χ0v) is 21.3. The number of nitrogens with one attached hydrogen (secondary N) is 2. The second-order valence-corrected chi connectivity index (χ2v) is 10.6. The molecule has 1 saturated carbocycles. The van der Waals surface area contributed by atoms with Crippen LogP contribution < -0.4 is 15.4 Å². The summed E-state index contributed by atoms with van der Waals surface area (Å²) in [7, 11) is 1.35. The van der Waals surface area contributed by atoms with Gasteiger partial charge in [0.2, 0.25) is 5.91 Å². The van der Waals surface area contributed by atoms with Gasteiger partial charge in [0.25, 0.3) is 0 Å². The van der Waals surface area contributed by atoms with Crippen LogP contribution in [0.3, 0.4) is 0 Å². The fraction of sp³-hybridized carbons (Fsp3) is 0.600. The first-order chi connectivity index (χ1) is 17.3. The number of esters is 1. The Bertz CT molecular complexity index is 1150. The Hall–Kier alpha value is -3.15. The van der Waals surface area contributed by atoms with E-state index in [2.05, 4.69) is 46.1 Å². The van der Waals surface area contributed by atoms with Crippen LogP contribution >= 0.6 is 0 Å². The average Bonchev–Trinajstić information content (AvgIpc) is 3.16. The molecular formula is C25H32F3N5O4. The van der Waals surface area contributed by atoms with E-state index in [0.717, 1.165) is 6.42 Å². The van der Waals surface area contributed by atoms with Gasteiger partial charge < -0.3 is 25.0 Å². The molecule has 37 heavy (non-hydrogen) atoms. The number of rotatable bonds is 6. The third-order valence-electron chi connectivity index (χ3n) is 6.75. The molecule has 1 unspecified atom stereocenters. The average molecular weight is 524 g/mol. The van der Waals surface area contributed by atoms with Crippen molar-refractivity contribution in [1.29, 1.82) is 0 Å². The molecule has 9 nitrogen and oxygen atoms in total. The molecule has 0 spiro atoms. The van der Waals surface area contributed by atoms with Crippen molar-refractivity contribution in [3.8, 4) is 5.75 Å². The van der Waals surface area contributed by atoms with Crippen molar-refractivity contribution in [2.75, 3.05) is 19.0 Å². The summed E-state index contributed by atoms with van der Waals surface area (Å²) >= 11 is 0. The lowest BCUT2D eigenvalue weighted by molar-refractivity contribution is -0.274. The fourth-order valence-electron chi connectivity index (χ4n) is 5.35. The van der Waals surface area contributed by atoms with Gasteiger partial charge >= 0.3 is 12.3 Å². The minimum atomic E-state index is -4.84. The first-order valence-electron chi connectivity index (χ1n) is 12.3. The lowest BCUT2D eigenvalue weighted by atomic mass is 9.80. The number of nitrogens with zero attached hydrogens (tertiary/aromatic N) is 3. The number of carbonyl (C=O) groups excluding carboxylic acids is 2. The summed E-state index contributed by atoms with van der Waals surface area (Å²) in [6.07, 6.45) is -1.07. The minimum absolute atomic E-state index is 0.109. The molecule has 4 atom stereocenters. The van der Waals surface area contributed by atoms with E-state index in [0.29, 0.717) is 36.7 Å². The molecule has 202 valence electrons. The van der Waals surface area contributed by atoms with Gasteiger partial charge in [-0.15, -0.1) is 13.2 Å². The SMILES string of the molecule is COC(=O)[C@@H]1C[C@H](NC(C)(C)C)CC[C@@H]1N1CCC(Nc2ncnc3ccc(OC(F)(F)F)cc23)C1=O. The lowest BCUT2D eigenvalue weighted by Gasteiger charge is -2.41. The Labute approximate surface area is 213 Å². The highest BCUT2D eigenvalue weighted by Crippen LogP contribution is 2.34. The zero-order chi connectivity index (χ0) is 27.0. The predicted octanol–water partition coefficient (Wildman–Crippen LogP) is 3.64. The Kier molecular flexibility index (Phi) is 7.50. The van der Waals surface area contributed by atoms with Crippen molar-refractivity contribution in [3.63, 3.8) is 0 Å². The van der Waals surface area contributed by atoms with Gasteiger partial charge in [0.05, 0.1) is 18.5 Å². The third-order valence-corrected chi connectivity index (χ3v) is 6.75. The lowest BCUT2D eigenvalue weighted by Crippen LogP contribution is -2.54. The van der Waals surface area contributed by atoms with E-state index in [9.17, 15) is 22.8 Å². The maximum absolute atomic E-state index is 13.4. The summed E-state index contributed by atoms with van der Waals surface area (Å²) in [5.74, 6) is -1.15. The smallest absolute Gasteiger partial charge is 0.469 e. The van der Waals surface area contributed by atoms with Crippen molar-refractivity contribution >= 4 is 28.6 Å². The number of hydrogen-bond donors (Lipinski definition) is 2. The highest BCUT2D eigenvalue weighted by molar-refractivity contribution is 5.93. The summed E-state index contributed by atoms with van der Waals surface area (Å²) in [4.78, 5) is 36.1. The Morgan fingerprint density at radius 1 is 1.14 bits per heavy atom. The first-order valence-corrected chi connectivity index (χ1v) is 12.3. The number of methoxy groups -OCH3 is 1. The van der Waals surface area contributed by atoms with E-state index in [1.54, 1.807) is 4.90 Å². The number of fused-ring (bicyclic) bond motifs is 1. The molecule has 1 aromatic heterocycles. The van der Waals surface area contributed by atoms with E-state index in [-0.39, 0.29) is 35.3 Å². The number of alkyl halides is 3. The predicted molar refractivity (Wildman–Crippen MR) is 130 cm³/mol. The molecule has 2 fully saturated rings. The van der Waals surface area contributed by atoms with Crippen LogP contribution in [0.25, 0.3) is 10.9 Å².